The maximum absolute atomic E-state index is 13.9. The molecule has 1 aromatic rings. The maximum atomic E-state index is 13.9. The monoisotopic (exact) mass is 277 g/mol. The van der Waals surface area contributed by atoms with Gasteiger partial charge in [-0.1, -0.05) is 0 Å². The molecule has 0 amide bonds. The summed E-state index contributed by atoms with van der Waals surface area (Å²) in [7, 11) is 0.608. The highest BCUT2D eigenvalue weighted by molar-refractivity contribution is 6.63. The summed E-state index contributed by atoms with van der Waals surface area (Å²) < 4.78 is 30.8. The number of nitriles is 1. The zero-order valence-corrected chi connectivity index (χ0v) is 12.3. The Morgan fingerprint density at radius 2 is 1.75 bits per heavy atom. The number of hydrogen-bond acceptors (Lipinski definition) is 4. The molecule has 4 nitrogen and oxygen atoms in total. The molecule has 2 rings (SSSR count). The van der Waals surface area contributed by atoms with Gasteiger partial charge >= 0.3 is 7.12 Å². The normalized spacial score (nSPS) is 19.8. The van der Waals surface area contributed by atoms with Crippen molar-refractivity contribution in [3.8, 4) is 11.8 Å². The largest absolute Gasteiger partial charge is 0.498 e. The van der Waals surface area contributed by atoms with Crippen LogP contribution in [0.2, 0.25) is 0 Å². The van der Waals surface area contributed by atoms with E-state index in [1.54, 1.807) is 0 Å². The molecule has 0 bridgehead atoms. The fraction of sp³-hybridized carbons (Fsp3) is 0.500. The average Bonchev–Trinajstić information content (AvgIpc) is 2.57. The van der Waals surface area contributed by atoms with Gasteiger partial charge in [-0.25, -0.2) is 4.39 Å². The van der Waals surface area contributed by atoms with E-state index in [1.165, 1.54) is 13.2 Å². The van der Waals surface area contributed by atoms with Crippen molar-refractivity contribution in [3.05, 3.63) is 23.5 Å². The molecule has 0 spiro atoms. The minimum Gasteiger partial charge on any atom is -0.494 e. The van der Waals surface area contributed by atoms with Gasteiger partial charge in [0.1, 0.15) is 0 Å². The molecule has 1 heterocycles. The van der Waals surface area contributed by atoms with Crippen molar-refractivity contribution in [3.63, 3.8) is 0 Å². The lowest BCUT2D eigenvalue weighted by Crippen LogP contribution is -2.41. The molecule has 1 aromatic carbocycles. The molecule has 1 fully saturated rings. The molecule has 1 aliphatic heterocycles. The van der Waals surface area contributed by atoms with Crippen LogP contribution >= 0.6 is 0 Å². The van der Waals surface area contributed by atoms with Crippen LogP contribution in [0.4, 0.5) is 4.39 Å². The number of benzene rings is 1. The highest BCUT2D eigenvalue weighted by Crippen LogP contribution is 2.37. The van der Waals surface area contributed by atoms with E-state index in [1.807, 2.05) is 33.8 Å². The van der Waals surface area contributed by atoms with Crippen LogP contribution in [0.15, 0.2) is 12.1 Å². The molecule has 0 unspecified atom stereocenters. The Morgan fingerprint density at radius 3 is 2.20 bits per heavy atom. The third-order valence-electron chi connectivity index (χ3n) is 3.91. The van der Waals surface area contributed by atoms with E-state index in [-0.39, 0.29) is 11.3 Å². The first-order valence-corrected chi connectivity index (χ1v) is 6.35. The second-order valence-electron chi connectivity index (χ2n) is 5.78. The summed E-state index contributed by atoms with van der Waals surface area (Å²) in [5.41, 5.74) is -0.487. The number of nitrogens with zero attached hydrogens (tertiary/aromatic N) is 1. The predicted octanol–water partition coefficient (Wildman–Crippen LogP) is 2.01. The Balaban J connectivity index is 2.49. The minimum absolute atomic E-state index is 0.0440. The first-order chi connectivity index (χ1) is 9.21. The Bertz CT molecular complexity index is 565. The van der Waals surface area contributed by atoms with Crippen molar-refractivity contribution >= 4 is 12.6 Å². The Kier molecular flexibility index (Phi) is 3.53. The highest BCUT2D eigenvalue weighted by Gasteiger charge is 2.52. The number of rotatable bonds is 2. The van der Waals surface area contributed by atoms with Gasteiger partial charge in [0.2, 0.25) is 0 Å². The van der Waals surface area contributed by atoms with Crippen LogP contribution in [0.25, 0.3) is 0 Å². The van der Waals surface area contributed by atoms with Crippen molar-refractivity contribution in [2.24, 2.45) is 0 Å². The van der Waals surface area contributed by atoms with Gasteiger partial charge in [0, 0.05) is 5.46 Å². The molecule has 0 radical (unpaired) electrons. The second-order valence-corrected chi connectivity index (χ2v) is 5.78. The van der Waals surface area contributed by atoms with Crippen LogP contribution < -0.4 is 10.2 Å². The first kappa shape index (κ1) is 14.8. The van der Waals surface area contributed by atoms with E-state index in [0.717, 1.165) is 6.07 Å². The number of methoxy groups -OCH3 is 1. The summed E-state index contributed by atoms with van der Waals surface area (Å²) in [6.07, 6.45) is 0. The van der Waals surface area contributed by atoms with Crippen molar-refractivity contribution in [2.75, 3.05) is 7.11 Å². The van der Waals surface area contributed by atoms with Gasteiger partial charge in [-0.3, -0.25) is 0 Å². The molecular formula is C14H17BFNO3. The molecule has 0 aromatic heterocycles. The van der Waals surface area contributed by atoms with Gasteiger partial charge in [-0.2, -0.15) is 5.26 Å². The predicted molar refractivity (Wildman–Crippen MR) is 73.4 cm³/mol. The van der Waals surface area contributed by atoms with E-state index >= 15 is 0 Å². The average molecular weight is 277 g/mol. The summed E-state index contributed by atoms with van der Waals surface area (Å²) in [5.74, 6) is -0.557. The standard InChI is InChI=1S/C14H17BFNO3/c1-13(2)14(3,4)20-15(19-13)10-6-9(8-17)7-11(16)12(10)18-5/h6-7H,1-5H3. The molecule has 6 heteroatoms. The van der Waals surface area contributed by atoms with Gasteiger partial charge in [0.15, 0.2) is 11.6 Å². The third-order valence-corrected chi connectivity index (χ3v) is 3.91. The SMILES string of the molecule is COc1c(F)cc(C#N)cc1B1OC(C)(C)C(C)(C)O1. The number of halogens is 1. The van der Waals surface area contributed by atoms with Crippen LogP contribution in [-0.4, -0.2) is 25.4 Å². The first-order valence-electron chi connectivity index (χ1n) is 6.35. The zero-order chi connectivity index (χ0) is 15.1. The smallest absolute Gasteiger partial charge is 0.494 e. The zero-order valence-electron chi connectivity index (χ0n) is 12.3. The summed E-state index contributed by atoms with van der Waals surface area (Å²) in [5, 5.41) is 8.96. The highest BCUT2D eigenvalue weighted by atomic mass is 19.1. The lowest BCUT2D eigenvalue weighted by atomic mass is 9.77. The molecule has 1 aliphatic rings. The topological polar surface area (TPSA) is 51.5 Å². The fourth-order valence-electron chi connectivity index (χ4n) is 2.04. The van der Waals surface area contributed by atoms with Crippen molar-refractivity contribution in [2.45, 2.75) is 38.9 Å². The van der Waals surface area contributed by atoms with E-state index in [0.29, 0.717) is 5.46 Å². The lowest BCUT2D eigenvalue weighted by Gasteiger charge is -2.32. The molecule has 106 valence electrons. The van der Waals surface area contributed by atoms with E-state index in [2.05, 4.69) is 0 Å². The van der Waals surface area contributed by atoms with Gasteiger partial charge in [0.25, 0.3) is 0 Å². The van der Waals surface area contributed by atoms with Crippen LogP contribution in [0.5, 0.6) is 5.75 Å². The second kappa shape index (κ2) is 4.76. The van der Waals surface area contributed by atoms with Crippen LogP contribution in [0.1, 0.15) is 33.3 Å². The maximum Gasteiger partial charge on any atom is 0.498 e. The molecule has 0 aliphatic carbocycles. The van der Waals surface area contributed by atoms with Crippen LogP contribution in [-0.2, 0) is 9.31 Å². The minimum atomic E-state index is -0.766. The van der Waals surface area contributed by atoms with Crippen LogP contribution in [0, 0.1) is 17.1 Å². The molecule has 1 saturated heterocycles. The Morgan fingerprint density at radius 1 is 1.20 bits per heavy atom. The fourth-order valence-corrected chi connectivity index (χ4v) is 2.04. The van der Waals surface area contributed by atoms with E-state index in [4.69, 9.17) is 19.3 Å². The Hall–Kier alpha value is -1.58. The number of ether oxygens (including phenoxy) is 1. The number of hydrogen-bond donors (Lipinski definition) is 0. The van der Waals surface area contributed by atoms with Crippen molar-refractivity contribution in [1.82, 2.24) is 0 Å². The summed E-state index contributed by atoms with van der Waals surface area (Å²) in [4.78, 5) is 0. The lowest BCUT2D eigenvalue weighted by molar-refractivity contribution is 0.00578. The summed E-state index contributed by atoms with van der Waals surface area (Å²) >= 11 is 0. The van der Waals surface area contributed by atoms with E-state index < -0.39 is 24.1 Å². The van der Waals surface area contributed by atoms with Gasteiger partial charge in [-0.05, 0) is 39.8 Å². The van der Waals surface area contributed by atoms with Crippen molar-refractivity contribution < 1.29 is 18.4 Å². The summed E-state index contributed by atoms with van der Waals surface area (Å²) in [6.45, 7) is 7.63. The third kappa shape index (κ3) is 2.28. The Labute approximate surface area is 118 Å². The molecule has 0 atom stereocenters. The molecular weight excluding hydrogens is 260 g/mol. The van der Waals surface area contributed by atoms with Gasteiger partial charge in [-0.15, -0.1) is 0 Å². The van der Waals surface area contributed by atoms with Gasteiger partial charge in [0.05, 0.1) is 29.9 Å². The van der Waals surface area contributed by atoms with Crippen LogP contribution in [0.3, 0.4) is 0 Å². The van der Waals surface area contributed by atoms with Crippen molar-refractivity contribution in [1.29, 1.82) is 5.26 Å². The van der Waals surface area contributed by atoms with E-state index in [9.17, 15) is 4.39 Å². The van der Waals surface area contributed by atoms with Gasteiger partial charge < -0.3 is 14.0 Å². The summed E-state index contributed by atoms with van der Waals surface area (Å²) in [6, 6.07) is 4.58. The molecule has 0 N–H and O–H groups in total. The quantitative estimate of drug-likeness (QED) is 0.776. The molecule has 20 heavy (non-hydrogen) atoms. The molecule has 0 saturated carbocycles.